The van der Waals surface area contributed by atoms with Gasteiger partial charge in [0.25, 0.3) is 5.91 Å². The third kappa shape index (κ3) is 5.76. The first-order chi connectivity index (χ1) is 16.0. The van der Waals surface area contributed by atoms with Crippen molar-refractivity contribution in [2.45, 2.75) is 83.2 Å². The van der Waals surface area contributed by atoms with Gasteiger partial charge in [0.2, 0.25) is 5.91 Å². The van der Waals surface area contributed by atoms with Crippen LogP contribution in [-0.2, 0) is 15.8 Å². The molecule has 0 aromatic heterocycles. The molecule has 1 aliphatic carbocycles. The number of halogens is 4. The van der Waals surface area contributed by atoms with Crippen LogP contribution in [-0.4, -0.2) is 58.0 Å². The van der Waals surface area contributed by atoms with Gasteiger partial charge in [-0.05, 0) is 71.6 Å². The zero-order valence-corrected chi connectivity index (χ0v) is 20.1. The van der Waals surface area contributed by atoms with Crippen molar-refractivity contribution in [1.29, 1.82) is 0 Å². The van der Waals surface area contributed by atoms with Gasteiger partial charge in [0.05, 0.1) is 11.0 Å². The van der Waals surface area contributed by atoms with Crippen molar-refractivity contribution in [3.05, 3.63) is 35.1 Å². The summed E-state index contributed by atoms with van der Waals surface area (Å²) >= 11 is 0. The van der Waals surface area contributed by atoms with E-state index in [9.17, 15) is 37.1 Å². The van der Waals surface area contributed by atoms with Crippen LogP contribution in [0.3, 0.4) is 0 Å². The molecule has 1 saturated heterocycles. The number of hydrogen-bond donors (Lipinski definition) is 3. The van der Waals surface area contributed by atoms with E-state index in [4.69, 9.17) is 0 Å². The van der Waals surface area contributed by atoms with Crippen molar-refractivity contribution in [2.75, 3.05) is 6.54 Å². The lowest BCUT2D eigenvalue weighted by molar-refractivity contribution is -0.158. The second-order valence-electron chi connectivity index (χ2n) is 10.6. The van der Waals surface area contributed by atoms with Gasteiger partial charge in [0, 0.05) is 29.7 Å². The molecule has 0 spiro atoms. The van der Waals surface area contributed by atoms with Crippen molar-refractivity contribution in [2.24, 2.45) is 5.41 Å². The minimum absolute atomic E-state index is 0.0399. The van der Waals surface area contributed by atoms with Gasteiger partial charge in [-0.3, -0.25) is 14.4 Å². The first-order valence-corrected chi connectivity index (χ1v) is 11.5. The van der Waals surface area contributed by atoms with Crippen LogP contribution in [0.25, 0.3) is 0 Å². The Kier molecular flexibility index (Phi) is 7.23. The summed E-state index contributed by atoms with van der Waals surface area (Å²) in [6.45, 7) is 7.81. The van der Waals surface area contributed by atoms with Gasteiger partial charge >= 0.3 is 12.1 Å². The highest BCUT2D eigenvalue weighted by molar-refractivity contribution is 5.98. The monoisotopic (exact) mass is 501 g/mol. The summed E-state index contributed by atoms with van der Waals surface area (Å²) in [6.07, 6.45) is -3.34. The zero-order valence-electron chi connectivity index (χ0n) is 20.1. The minimum atomic E-state index is -4.97. The fourth-order valence-corrected chi connectivity index (χ4v) is 5.16. The number of nitrogens with one attached hydrogen (secondary N) is 2. The zero-order chi connectivity index (χ0) is 26.3. The lowest BCUT2D eigenvalue weighted by Crippen LogP contribution is -2.59. The quantitative estimate of drug-likeness (QED) is 0.536. The van der Waals surface area contributed by atoms with Crippen LogP contribution in [0.5, 0.6) is 0 Å². The molecule has 2 fully saturated rings. The van der Waals surface area contributed by atoms with E-state index in [0.717, 1.165) is 6.07 Å². The number of carbonyl (C=O) groups is 3. The topological polar surface area (TPSA) is 98.7 Å². The molecule has 3 N–H and O–H groups in total. The van der Waals surface area contributed by atoms with Gasteiger partial charge in [0.1, 0.15) is 11.9 Å². The van der Waals surface area contributed by atoms with Crippen molar-refractivity contribution in [3.8, 4) is 0 Å². The number of carbonyl (C=O) groups excluding carboxylic acids is 2. The minimum Gasteiger partial charge on any atom is -0.481 e. The van der Waals surface area contributed by atoms with Crippen LogP contribution in [0.4, 0.5) is 17.6 Å². The molecule has 194 valence electrons. The molecule has 2 aliphatic rings. The second-order valence-corrected chi connectivity index (χ2v) is 10.6. The van der Waals surface area contributed by atoms with E-state index in [-0.39, 0.29) is 24.5 Å². The van der Waals surface area contributed by atoms with Crippen LogP contribution in [0, 0.1) is 11.2 Å². The number of amides is 2. The number of alkyl halides is 3. The molecular formula is C24H31F4N3O4. The average molecular weight is 502 g/mol. The number of nitrogens with zero attached hydrogens (tertiary/aromatic N) is 1. The molecule has 4 atom stereocenters. The Morgan fingerprint density at radius 2 is 1.80 bits per heavy atom. The largest absolute Gasteiger partial charge is 0.481 e. The van der Waals surface area contributed by atoms with E-state index in [1.807, 2.05) is 20.8 Å². The number of hydrogen-bond acceptors (Lipinski definition) is 4. The Balaban J connectivity index is 1.73. The highest BCUT2D eigenvalue weighted by Gasteiger charge is 2.52. The Morgan fingerprint density at radius 1 is 1.14 bits per heavy atom. The predicted molar refractivity (Wildman–Crippen MR) is 119 cm³/mol. The first kappa shape index (κ1) is 26.9. The van der Waals surface area contributed by atoms with Gasteiger partial charge in [-0.2, -0.15) is 13.2 Å². The first-order valence-electron chi connectivity index (χ1n) is 11.5. The summed E-state index contributed by atoms with van der Waals surface area (Å²) in [6, 6.07) is 0.250. The summed E-state index contributed by atoms with van der Waals surface area (Å²) in [5.74, 6) is -3.93. The fraction of sp³-hybridized carbons (Fsp3) is 0.625. The van der Waals surface area contributed by atoms with Gasteiger partial charge in [-0.1, -0.05) is 0 Å². The predicted octanol–water partition coefficient (Wildman–Crippen LogP) is 3.58. The van der Waals surface area contributed by atoms with E-state index in [1.165, 1.54) is 4.90 Å². The molecule has 1 aliphatic heterocycles. The molecule has 0 bridgehead atoms. The Bertz CT molecular complexity index is 1010. The van der Waals surface area contributed by atoms with Crippen molar-refractivity contribution in [1.82, 2.24) is 15.5 Å². The number of carboxylic acid groups (broad SMARTS) is 1. The summed E-state index contributed by atoms with van der Waals surface area (Å²) in [5, 5.41) is 15.9. The number of rotatable bonds is 5. The molecule has 1 aromatic rings. The third-order valence-electron chi connectivity index (χ3n) is 6.78. The molecular weight excluding hydrogens is 470 g/mol. The van der Waals surface area contributed by atoms with Crippen LogP contribution < -0.4 is 10.6 Å². The highest BCUT2D eigenvalue weighted by Crippen LogP contribution is 2.41. The van der Waals surface area contributed by atoms with E-state index in [0.29, 0.717) is 31.4 Å². The third-order valence-corrected chi connectivity index (χ3v) is 6.78. The summed E-state index contributed by atoms with van der Waals surface area (Å²) in [7, 11) is 0. The van der Waals surface area contributed by atoms with E-state index in [2.05, 4.69) is 10.6 Å². The van der Waals surface area contributed by atoms with Crippen molar-refractivity contribution in [3.63, 3.8) is 0 Å². The van der Waals surface area contributed by atoms with Gasteiger partial charge in [-0.15, -0.1) is 0 Å². The maximum absolute atomic E-state index is 13.5. The van der Waals surface area contributed by atoms with Gasteiger partial charge in [-0.25, -0.2) is 4.39 Å². The Hall–Kier alpha value is -2.69. The van der Waals surface area contributed by atoms with Crippen LogP contribution in [0.15, 0.2) is 18.2 Å². The van der Waals surface area contributed by atoms with Crippen molar-refractivity contribution < 1.29 is 37.1 Å². The Morgan fingerprint density at radius 3 is 2.37 bits per heavy atom. The number of benzene rings is 1. The van der Waals surface area contributed by atoms with Crippen LogP contribution in [0.2, 0.25) is 0 Å². The molecule has 1 heterocycles. The number of aliphatic carboxylic acids is 1. The maximum atomic E-state index is 13.5. The van der Waals surface area contributed by atoms with E-state index in [1.54, 1.807) is 6.92 Å². The Labute approximate surface area is 201 Å². The molecule has 7 nitrogen and oxygen atoms in total. The SMILES string of the molecule is CC(C)(C)N[C@@H]1CC[C@H](N2CC[C@H](NC(=O)c3ccc(F)c(C(F)(F)F)c3)C2=O)[C@](C)(C(=O)O)C1. The lowest BCUT2D eigenvalue weighted by atomic mass is 9.68. The molecule has 0 radical (unpaired) electrons. The molecule has 11 heteroatoms. The second kappa shape index (κ2) is 9.40. The van der Waals surface area contributed by atoms with Crippen LogP contribution >= 0.6 is 0 Å². The number of likely N-dealkylation sites (tertiary alicyclic amines) is 1. The van der Waals surface area contributed by atoms with Crippen LogP contribution in [0.1, 0.15) is 69.3 Å². The maximum Gasteiger partial charge on any atom is 0.419 e. The molecule has 3 rings (SSSR count). The van der Waals surface area contributed by atoms with E-state index < -0.39 is 58.4 Å². The average Bonchev–Trinajstić information content (AvgIpc) is 3.06. The summed E-state index contributed by atoms with van der Waals surface area (Å²) in [4.78, 5) is 39.5. The molecule has 2 amide bonds. The fourth-order valence-electron chi connectivity index (χ4n) is 5.16. The normalized spacial score (nSPS) is 27.7. The van der Waals surface area contributed by atoms with Gasteiger partial charge < -0.3 is 20.6 Å². The van der Waals surface area contributed by atoms with Crippen molar-refractivity contribution >= 4 is 17.8 Å². The smallest absolute Gasteiger partial charge is 0.419 e. The van der Waals surface area contributed by atoms with E-state index >= 15 is 0 Å². The summed E-state index contributed by atoms with van der Waals surface area (Å²) < 4.78 is 52.5. The lowest BCUT2D eigenvalue weighted by Gasteiger charge is -2.47. The molecule has 1 saturated carbocycles. The number of carboxylic acids is 1. The standard InChI is InChI=1S/C24H31F4N3O4/c1-22(2,3)30-14-6-8-18(23(4,12-14)21(34)35)31-10-9-17(20(31)33)29-19(32)13-5-7-16(25)15(11-13)24(26,27)28/h5,7,11,14,17-18,30H,6,8-10,12H2,1-4H3,(H,29,32)(H,34,35)/t14-,17+,18+,23-/m1/s1. The van der Waals surface area contributed by atoms with Gasteiger partial charge in [0.15, 0.2) is 0 Å². The highest BCUT2D eigenvalue weighted by atomic mass is 19.4. The molecule has 1 aromatic carbocycles. The molecule has 0 unspecified atom stereocenters. The summed E-state index contributed by atoms with van der Waals surface area (Å²) in [5.41, 5.74) is -3.41. The molecule has 35 heavy (non-hydrogen) atoms.